The quantitative estimate of drug-likeness (QED) is 0.630. The zero-order valence-corrected chi connectivity index (χ0v) is 9.30. The third kappa shape index (κ3) is 3.50. The molecule has 81 valence electrons. The second kappa shape index (κ2) is 5.69. The van der Waals surface area contributed by atoms with Gasteiger partial charge in [0, 0.05) is 5.92 Å². The summed E-state index contributed by atoms with van der Waals surface area (Å²) in [6, 6.07) is 5.17. The molecule has 0 nitrogen and oxygen atoms in total. The third-order valence-corrected chi connectivity index (χ3v) is 2.51. The van der Waals surface area contributed by atoms with Crippen molar-refractivity contribution in [2.45, 2.75) is 32.1 Å². The van der Waals surface area contributed by atoms with E-state index in [0.717, 1.165) is 30.4 Å². The lowest BCUT2D eigenvalue weighted by Gasteiger charge is -2.09. The Morgan fingerprint density at radius 2 is 2.13 bits per heavy atom. The van der Waals surface area contributed by atoms with Gasteiger partial charge in [0.25, 0.3) is 0 Å². The Morgan fingerprint density at radius 3 is 2.73 bits per heavy atom. The summed E-state index contributed by atoms with van der Waals surface area (Å²) >= 11 is 0. The molecule has 1 unspecified atom stereocenters. The summed E-state index contributed by atoms with van der Waals surface area (Å²) in [5, 5.41) is 0. The normalized spacial score (nSPS) is 12.5. The van der Waals surface area contributed by atoms with Gasteiger partial charge in [0.2, 0.25) is 0 Å². The summed E-state index contributed by atoms with van der Waals surface area (Å²) in [5.41, 5.74) is 1.97. The maximum absolute atomic E-state index is 13.3. The van der Waals surface area contributed by atoms with Crippen LogP contribution in [0.25, 0.3) is 0 Å². The van der Waals surface area contributed by atoms with Crippen LogP contribution < -0.4 is 0 Å². The molecule has 0 bridgehead atoms. The lowest BCUT2D eigenvalue weighted by atomic mass is 9.97. The van der Waals surface area contributed by atoms with Gasteiger partial charge in [-0.05, 0) is 43.0 Å². The summed E-state index contributed by atoms with van der Waals surface area (Å²) in [6.07, 6.45) is 4.89. The molecule has 0 amide bonds. The van der Waals surface area contributed by atoms with Crippen LogP contribution in [0, 0.1) is 12.7 Å². The van der Waals surface area contributed by atoms with E-state index in [1.165, 1.54) is 6.07 Å². The smallest absolute Gasteiger partial charge is 0.123 e. The summed E-state index contributed by atoms with van der Waals surface area (Å²) in [6.45, 7) is 9.71. The van der Waals surface area contributed by atoms with E-state index in [2.05, 4.69) is 20.4 Å². The average Bonchev–Trinajstić information content (AvgIpc) is 2.24. The minimum atomic E-state index is -0.172. The summed E-state index contributed by atoms with van der Waals surface area (Å²) < 4.78 is 13.3. The number of hydrogen-bond donors (Lipinski definition) is 0. The number of rotatable bonds is 5. The number of unbranched alkanes of at least 4 members (excludes halogenated alkanes) is 1. The molecule has 1 heteroatoms. The van der Waals surface area contributed by atoms with Crippen molar-refractivity contribution in [1.82, 2.24) is 0 Å². The highest BCUT2D eigenvalue weighted by atomic mass is 19.1. The first kappa shape index (κ1) is 12.0. The molecule has 0 N–H and O–H groups in total. The number of aryl methyl sites for hydroxylation is 1. The van der Waals surface area contributed by atoms with Gasteiger partial charge in [-0.25, -0.2) is 4.39 Å². The minimum absolute atomic E-state index is 0.0268. The highest BCUT2D eigenvalue weighted by Crippen LogP contribution is 2.20. The summed E-state index contributed by atoms with van der Waals surface area (Å²) in [4.78, 5) is 0. The van der Waals surface area contributed by atoms with Crippen LogP contribution in [0.2, 0.25) is 0 Å². The van der Waals surface area contributed by atoms with Crippen LogP contribution in [0.4, 0.5) is 4.39 Å². The van der Waals surface area contributed by atoms with Crippen molar-refractivity contribution < 1.29 is 4.39 Å². The highest BCUT2D eigenvalue weighted by Gasteiger charge is 2.05. The molecule has 0 aliphatic carbocycles. The third-order valence-electron chi connectivity index (χ3n) is 2.51. The van der Waals surface area contributed by atoms with Crippen molar-refractivity contribution in [2.24, 2.45) is 0 Å². The molecular weight excluding hydrogens is 187 g/mol. The van der Waals surface area contributed by atoms with Gasteiger partial charge < -0.3 is 0 Å². The SMILES string of the molecule is [CH2]C(C=C)c1cc(F)cc(CCCC)c1. The molecule has 0 aromatic heterocycles. The van der Waals surface area contributed by atoms with Gasteiger partial charge in [-0.3, -0.25) is 0 Å². The lowest BCUT2D eigenvalue weighted by Crippen LogP contribution is -1.94. The number of hydrogen-bond acceptors (Lipinski definition) is 0. The minimum Gasteiger partial charge on any atom is -0.207 e. The van der Waals surface area contributed by atoms with E-state index in [-0.39, 0.29) is 11.7 Å². The van der Waals surface area contributed by atoms with Gasteiger partial charge in [-0.15, -0.1) is 6.58 Å². The van der Waals surface area contributed by atoms with Crippen LogP contribution >= 0.6 is 0 Å². The van der Waals surface area contributed by atoms with Crippen LogP contribution in [0.1, 0.15) is 36.8 Å². The number of halogens is 1. The van der Waals surface area contributed by atoms with Crippen molar-refractivity contribution >= 4 is 0 Å². The monoisotopic (exact) mass is 205 g/mol. The van der Waals surface area contributed by atoms with Gasteiger partial charge >= 0.3 is 0 Å². The highest BCUT2D eigenvalue weighted by molar-refractivity contribution is 5.30. The van der Waals surface area contributed by atoms with E-state index < -0.39 is 0 Å². The van der Waals surface area contributed by atoms with Crippen LogP contribution in [0.3, 0.4) is 0 Å². The Balaban J connectivity index is 2.89. The Morgan fingerprint density at radius 1 is 1.40 bits per heavy atom. The molecule has 0 saturated heterocycles. The van der Waals surface area contributed by atoms with Gasteiger partial charge in [0.05, 0.1) is 0 Å². The Hall–Kier alpha value is -1.11. The lowest BCUT2D eigenvalue weighted by molar-refractivity contribution is 0.621. The van der Waals surface area contributed by atoms with Crippen LogP contribution in [-0.4, -0.2) is 0 Å². The van der Waals surface area contributed by atoms with E-state index in [1.54, 1.807) is 12.1 Å². The molecule has 15 heavy (non-hydrogen) atoms. The zero-order valence-electron chi connectivity index (χ0n) is 9.30. The Labute approximate surface area is 91.8 Å². The molecular formula is C14H18F. The predicted octanol–water partition coefficient (Wildman–Crippen LogP) is 4.27. The Bertz CT molecular complexity index is 328. The van der Waals surface area contributed by atoms with Gasteiger partial charge in [0.1, 0.15) is 5.82 Å². The standard InChI is InChI=1S/C14H18F/c1-4-6-7-12-8-13(11(3)5-2)10-14(15)9-12/h5,8-11H,2-4,6-7H2,1H3. The van der Waals surface area contributed by atoms with Crippen LogP contribution in [-0.2, 0) is 6.42 Å². The predicted molar refractivity (Wildman–Crippen MR) is 63.3 cm³/mol. The summed E-state index contributed by atoms with van der Waals surface area (Å²) in [5.74, 6) is -0.199. The maximum atomic E-state index is 13.3. The summed E-state index contributed by atoms with van der Waals surface area (Å²) in [7, 11) is 0. The van der Waals surface area contributed by atoms with Crippen molar-refractivity contribution in [3.05, 3.63) is 54.7 Å². The van der Waals surface area contributed by atoms with Gasteiger partial charge in [0.15, 0.2) is 0 Å². The first-order valence-electron chi connectivity index (χ1n) is 5.42. The second-order valence-corrected chi connectivity index (χ2v) is 3.84. The molecule has 0 fully saturated rings. The molecule has 1 aromatic carbocycles. The van der Waals surface area contributed by atoms with Gasteiger partial charge in [-0.1, -0.05) is 25.5 Å². The molecule has 0 heterocycles. The molecule has 1 aromatic rings. The molecule has 1 radical (unpaired) electrons. The van der Waals surface area contributed by atoms with Crippen molar-refractivity contribution in [3.63, 3.8) is 0 Å². The molecule has 0 spiro atoms. The molecule has 1 atom stereocenters. The number of allylic oxidation sites excluding steroid dienone is 1. The first-order valence-corrected chi connectivity index (χ1v) is 5.42. The fourth-order valence-corrected chi connectivity index (χ4v) is 1.55. The topological polar surface area (TPSA) is 0 Å². The van der Waals surface area contributed by atoms with E-state index in [1.807, 2.05) is 6.07 Å². The van der Waals surface area contributed by atoms with Crippen LogP contribution in [0.15, 0.2) is 30.9 Å². The largest absolute Gasteiger partial charge is 0.207 e. The molecule has 0 aliphatic heterocycles. The molecule has 1 rings (SSSR count). The second-order valence-electron chi connectivity index (χ2n) is 3.84. The average molecular weight is 205 g/mol. The van der Waals surface area contributed by atoms with Crippen molar-refractivity contribution in [1.29, 1.82) is 0 Å². The van der Waals surface area contributed by atoms with Gasteiger partial charge in [-0.2, -0.15) is 0 Å². The first-order chi connectivity index (χ1) is 7.17. The fraction of sp³-hybridized carbons (Fsp3) is 0.357. The van der Waals surface area contributed by atoms with E-state index >= 15 is 0 Å². The molecule has 0 saturated carbocycles. The number of benzene rings is 1. The fourth-order valence-electron chi connectivity index (χ4n) is 1.55. The van der Waals surface area contributed by atoms with Crippen molar-refractivity contribution in [2.75, 3.05) is 0 Å². The van der Waals surface area contributed by atoms with Crippen LogP contribution in [0.5, 0.6) is 0 Å². The van der Waals surface area contributed by atoms with E-state index in [4.69, 9.17) is 0 Å². The zero-order chi connectivity index (χ0) is 11.3. The molecule has 0 aliphatic rings. The van der Waals surface area contributed by atoms with E-state index in [0.29, 0.717) is 0 Å². The maximum Gasteiger partial charge on any atom is 0.123 e. The van der Waals surface area contributed by atoms with Crippen molar-refractivity contribution in [3.8, 4) is 0 Å². The van der Waals surface area contributed by atoms with E-state index in [9.17, 15) is 4.39 Å². The Kier molecular flexibility index (Phi) is 4.54.